The van der Waals surface area contributed by atoms with Crippen LogP contribution in [-0.4, -0.2) is 32.8 Å². The number of thioether (sulfide) groups is 1. The first-order chi connectivity index (χ1) is 8.30. The summed E-state index contributed by atoms with van der Waals surface area (Å²) in [5, 5.41) is 3.38. The van der Waals surface area contributed by atoms with Gasteiger partial charge in [-0.05, 0) is 24.9 Å². The molecule has 96 valence electrons. The van der Waals surface area contributed by atoms with Crippen molar-refractivity contribution in [1.82, 2.24) is 0 Å². The molecule has 0 aliphatic carbocycles. The first-order valence-electron chi connectivity index (χ1n) is 5.76. The van der Waals surface area contributed by atoms with E-state index in [1.54, 1.807) is 14.2 Å². The van der Waals surface area contributed by atoms with Gasteiger partial charge in [-0.1, -0.05) is 0 Å². The van der Waals surface area contributed by atoms with E-state index in [1.807, 2.05) is 30.0 Å². The lowest BCUT2D eigenvalue weighted by Gasteiger charge is -2.10. The molecule has 0 spiro atoms. The van der Waals surface area contributed by atoms with Gasteiger partial charge in [0.2, 0.25) is 0 Å². The summed E-state index contributed by atoms with van der Waals surface area (Å²) >= 11 is 1.89. The van der Waals surface area contributed by atoms with Gasteiger partial charge in [0.1, 0.15) is 11.5 Å². The van der Waals surface area contributed by atoms with Crippen molar-refractivity contribution in [2.24, 2.45) is 0 Å². The van der Waals surface area contributed by atoms with Crippen molar-refractivity contribution < 1.29 is 9.47 Å². The third kappa shape index (κ3) is 5.22. The molecule has 0 radical (unpaired) electrons. The number of hydrogen-bond donors (Lipinski definition) is 1. The minimum Gasteiger partial charge on any atom is -0.497 e. The molecule has 0 bridgehead atoms. The van der Waals surface area contributed by atoms with Crippen molar-refractivity contribution in [2.45, 2.75) is 12.8 Å². The topological polar surface area (TPSA) is 30.5 Å². The lowest BCUT2D eigenvalue weighted by Crippen LogP contribution is -2.02. The van der Waals surface area contributed by atoms with Crippen LogP contribution in [-0.2, 0) is 0 Å². The van der Waals surface area contributed by atoms with Gasteiger partial charge in [-0.25, -0.2) is 0 Å². The quantitative estimate of drug-likeness (QED) is 0.722. The van der Waals surface area contributed by atoms with Gasteiger partial charge >= 0.3 is 0 Å². The van der Waals surface area contributed by atoms with Crippen LogP contribution in [0.2, 0.25) is 0 Å². The van der Waals surface area contributed by atoms with E-state index in [2.05, 4.69) is 11.6 Å². The molecule has 0 saturated carbocycles. The Hall–Kier alpha value is -1.03. The molecule has 17 heavy (non-hydrogen) atoms. The average molecular weight is 255 g/mol. The van der Waals surface area contributed by atoms with Gasteiger partial charge in [0.15, 0.2) is 0 Å². The largest absolute Gasteiger partial charge is 0.497 e. The molecule has 1 aromatic rings. The molecular weight excluding hydrogens is 234 g/mol. The third-order valence-corrected chi connectivity index (χ3v) is 3.15. The summed E-state index contributed by atoms with van der Waals surface area (Å²) in [6.45, 7) is 0.983. The standard InChI is InChI=1S/C13H21NO2S/c1-15-12-8-11(9-13(10-12)16-2)14-6-4-5-7-17-3/h8-10,14H,4-7H2,1-3H3. The molecule has 4 heteroatoms. The summed E-state index contributed by atoms with van der Waals surface area (Å²) in [6, 6.07) is 5.84. The second-order valence-corrected chi connectivity index (χ2v) is 4.71. The number of anilines is 1. The number of unbranched alkanes of at least 4 members (excludes halogenated alkanes) is 1. The van der Waals surface area contributed by atoms with Crippen LogP contribution in [0.15, 0.2) is 18.2 Å². The molecule has 1 N–H and O–H groups in total. The van der Waals surface area contributed by atoms with E-state index in [4.69, 9.17) is 9.47 Å². The second-order valence-electron chi connectivity index (χ2n) is 3.73. The zero-order chi connectivity index (χ0) is 12.5. The fourth-order valence-electron chi connectivity index (χ4n) is 1.51. The first kappa shape index (κ1) is 14.0. The van der Waals surface area contributed by atoms with E-state index in [-0.39, 0.29) is 0 Å². The Morgan fingerprint density at radius 1 is 1.06 bits per heavy atom. The molecule has 1 rings (SSSR count). The van der Waals surface area contributed by atoms with Crippen LogP contribution in [0.1, 0.15) is 12.8 Å². The summed E-state index contributed by atoms with van der Waals surface area (Å²) in [5.74, 6) is 2.86. The summed E-state index contributed by atoms with van der Waals surface area (Å²) in [6.07, 6.45) is 4.57. The van der Waals surface area contributed by atoms with Crippen molar-refractivity contribution in [3.05, 3.63) is 18.2 Å². The van der Waals surface area contributed by atoms with E-state index in [0.29, 0.717) is 0 Å². The molecule has 0 heterocycles. The van der Waals surface area contributed by atoms with Gasteiger partial charge in [0.05, 0.1) is 14.2 Å². The van der Waals surface area contributed by atoms with Gasteiger partial charge in [-0.15, -0.1) is 0 Å². The molecule has 0 fully saturated rings. The zero-order valence-corrected chi connectivity index (χ0v) is 11.6. The van der Waals surface area contributed by atoms with E-state index < -0.39 is 0 Å². The Morgan fingerprint density at radius 3 is 2.24 bits per heavy atom. The lowest BCUT2D eigenvalue weighted by atomic mass is 10.2. The van der Waals surface area contributed by atoms with Crippen LogP contribution in [0.25, 0.3) is 0 Å². The maximum atomic E-state index is 5.22. The van der Waals surface area contributed by atoms with Gasteiger partial charge < -0.3 is 14.8 Å². The third-order valence-electron chi connectivity index (χ3n) is 2.46. The molecule has 0 unspecified atom stereocenters. The fourth-order valence-corrected chi connectivity index (χ4v) is 2.01. The minimum absolute atomic E-state index is 0.816. The predicted octanol–water partition coefficient (Wildman–Crippen LogP) is 3.26. The second kappa shape index (κ2) is 8.12. The summed E-state index contributed by atoms with van der Waals surface area (Å²) in [4.78, 5) is 0. The Balaban J connectivity index is 2.46. The lowest BCUT2D eigenvalue weighted by molar-refractivity contribution is 0.394. The first-order valence-corrected chi connectivity index (χ1v) is 7.15. The number of nitrogens with one attached hydrogen (secondary N) is 1. The summed E-state index contributed by atoms with van der Waals surface area (Å²) < 4.78 is 10.4. The number of ether oxygens (including phenoxy) is 2. The average Bonchev–Trinajstić information content (AvgIpc) is 2.38. The van der Waals surface area contributed by atoms with Crippen LogP contribution in [0.4, 0.5) is 5.69 Å². The number of hydrogen-bond acceptors (Lipinski definition) is 4. The smallest absolute Gasteiger partial charge is 0.124 e. The van der Waals surface area contributed by atoms with E-state index in [1.165, 1.54) is 18.6 Å². The van der Waals surface area contributed by atoms with Gasteiger partial charge in [-0.2, -0.15) is 11.8 Å². The Labute approximate surface area is 108 Å². The number of benzene rings is 1. The molecule has 0 saturated heterocycles. The number of methoxy groups -OCH3 is 2. The molecule has 0 aromatic heterocycles. The molecular formula is C13H21NO2S. The monoisotopic (exact) mass is 255 g/mol. The number of rotatable bonds is 8. The van der Waals surface area contributed by atoms with Crippen molar-refractivity contribution in [1.29, 1.82) is 0 Å². The van der Waals surface area contributed by atoms with Crippen LogP contribution >= 0.6 is 11.8 Å². The SMILES string of the molecule is COc1cc(NCCCCSC)cc(OC)c1. The van der Waals surface area contributed by atoms with Crippen LogP contribution in [0.3, 0.4) is 0 Å². The Morgan fingerprint density at radius 2 is 1.71 bits per heavy atom. The van der Waals surface area contributed by atoms with Gasteiger partial charge in [0.25, 0.3) is 0 Å². The van der Waals surface area contributed by atoms with Crippen molar-refractivity contribution in [3.63, 3.8) is 0 Å². The van der Waals surface area contributed by atoms with E-state index >= 15 is 0 Å². The highest BCUT2D eigenvalue weighted by molar-refractivity contribution is 7.98. The normalized spacial score (nSPS) is 10.1. The molecule has 0 amide bonds. The van der Waals surface area contributed by atoms with Gasteiger partial charge in [0, 0.05) is 30.4 Å². The Bertz CT molecular complexity index is 309. The molecule has 1 aromatic carbocycles. The van der Waals surface area contributed by atoms with Crippen molar-refractivity contribution >= 4 is 17.4 Å². The van der Waals surface area contributed by atoms with Crippen LogP contribution in [0, 0.1) is 0 Å². The fraction of sp³-hybridized carbons (Fsp3) is 0.538. The highest BCUT2D eigenvalue weighted by Crippen LogP contribution is 2.25. The molecule has 0 aliphatic rings. The molecule has 3 nitrogen and oxygen atoms in total. The van der Waals surface area contributed by atoms with Crippen molar-refractivity contribution in [3.8, 4) is 11.5 Å². The van der Waals surface area contributed by atoms with Gasteiger partial charge in [-0.3, -0.25) is 0 Å². The Kier molecular flexibility index (Phi) is 6.70. The van der Waals surface area contributed by atoms with E-state index in [9.17, 15) is 0 Å². The van der Waals surface area contributed by atoms with Crippen LogP contribution in [0.5, 0.6) is 11.5 Å². The minimum atomic E-state index is 0.816. The summed E-state index contributed by atoms with van der Waals surface area (Å²) in [7, 11) is 3.33. The molecule has 0 aliphatic heterocycles. The predicted molar refractivity (Wildman–Crippen MR) is 75.7 cm³/mol. The van der Waals surface area contributed by atoms with E-state index in [0.717, 1.165) is 23.7 Å². The highest BCUT2D eigenvalue weighted by Gasteiger charge is 2.00. The maximum absolute atomic E-state index is 5.22. The highest BCUT2D eigenvalue weighted by atomic mass is 32.2. The maximum Gasteiger partial charge on any atom is 0.124 e. The summed E-state index contributed by atoms with van der Waals surface area (Å²) in [5.41, 5.74) is 1.05. The molecule has 0 atom stereocenters. The zero-order valence-electron chi connectivity index (χ0n) is 10.8. The van der Waals surface area contributed by atoms with Crippen LogP contribution < -0.4 is 14.8 Å². The van der Waals surface area contributed by atoms with Crippen molar-refractivity contribution in [2.75, 3.05) is 38.1 Å².